The van der Waals surface area contributed by atoms with Crippen LogP contribution in [0.3, 0.4) is 0 Å². The zero-order valence-electron chi connectivity index (χ0n) is 14.4. The molecule has 0 atom stereocenters. The number of carbonyl (C=O) groups excluding carboxylic acids is 1. The molecule has 0 aliphatic heterocycles. The van der Waals surface area contributed by atoms with Crippen LogP contribution in [0.2, 0.25) is 0 Å². The van der Waals surface area contributed by atoms with Crippen molar-refractivity contribution in [2.24, 2.45) is 0 Å². The van der Waals surface area contributed by atoms with Gasteiger partial charge in [-0.3, -0.25) is 9.10 Å². The van der Waals surface area contributed by atoms with Crippen LogP contribution in [0.25, 0.3) is 0 Å². The molecule has 0 spiro atoms. The quantitative estimate of drug-likeness (QED) is 0.751. The molecule has 0 N–H and O–H groups in total. The molecule has 0 unspecified atom stereocenters. The topological polar surface area (TPSA) is 76.2 Å². The Hall–Kier alpha value is -1.96. The van der Waals surface area contributed by atoms with E-state index in [1.165, 1.54) is 33.4 Å². The fourth-order valence-corrected chi connectivity index (χ4v) is 2.67. The number of ether oxygens (including phenoxy) is 2. The van der Waals surface area contributed by atoms with Gasteiger partial charge in [0.25, 0.3) is 5.91 Å². The highest BCUT2D eigenvalue weighted by Crippen LogP contribution is 2.36. The molecule has 0 saturated carbocycles. The third-order valence-corrected chi connectivity index (χ3v) is 4.81. The van der Waals surface area contributed by atoms with Crippen molar-refractivity contribution in [1.82, 2.24) is 4.90 Å². The Labute approximate surface area is 137 Å². The molecule has 8 heteroatoms. The van der Waals surface area contributed by atoms with Gasteiger partial charge in [0.2, 0.25) is 10.0 Å². The zero-order chi connectivity index (χ0) is 17.8. The molecule has 0 heterocycles. The SMILES string of the molecule is CCN(CC)C(=O)c1cc(OC)c(OC)cc1N(C)S(C)(=O)=O. The lowest BCUT2D eigenvalue weighted by molar-refractivity contribution is 0.0773. The number of nitrogens with zero attached hydrogens (tertiary/aromatic N) is 2. The summed E-state index contributed by atoms with van der Waals surface area (Å²) in [5.74, 6) is 0.462. The van der Waals surface area contributed by atoms with E-state index in [-0.39, 0.29) is 17.2 Å². The number of methoxy groups -OCH3 is 2. The van der Waals surface area contributed by atoms with E-state index in [9.17, 15) is 13.2 Å². The van der Waals surface area contributed by atoms with Crippen molar-refractivity contribution >= 4 is 21.6 Å². The van der Waals surface area contributed by atoms with Gasteiger partial charge in [0.15, 0.2) is 11.5 Å². The molecule has 7 nitrogen and oxygen atoms in total. The first-order chi connectivity index (χ1) is 10.7. The van der Waals surface area contributed by atoms with Crippen LogP contribution in [-0.4, -0.2) is 59.8 Å². The molecule has 23 heavy (non-hydrogen) atoms. The van der Waals surface area contributed by atoms with Gasteiger partial charge >= 0.3 is 0 Å². The maximum Gasteiger partial charge on any atom is 0.256 e. The fraction of sp³-hybridized carbons (Fsp3) is 0.533. The number of anilines is 1. The first-order valence-corrected chi connectivity index (χ1v) is 9.05. The predicted molar refractivity (Wildman–Crippen MR) is 90.0 cm³/mol. The number of hydrogen-bond acceptors (Lipinski definition) is 5. The molecule has 0 bridgehead atoms. The van der Waals surface area contributed by atoms with Gasteiger partial charge in [-0.1, -0.05) is 0 Å². The molecule has 130 valence electrons. The van der Waals surface area contributed by atoms with Crippen molar-refractivity contribution in [3.05, 3.63) is 17.7 Å². The summed E-state index contributed by atoms with van der Waals surface area (Å²) in [7, 11) is 0.783. The normalized spacial score (nSPS) is 11.0. The van der Waals surface area contributed by atoms with Gasteiger partial charge in [0, 0.05) is 26.2 Å². The minimum Gasteiger partial charge on any atom is -0.493 e. The molecule has 0 saturated heterocycles. The van der Waals surface area contributed by atoms with Crippen LogP contribution >= 0.6 is 0 Å². The van der Waals surface area contributed by atoms with Gasteiger partial charge < -0.3 is 14.4 Å². The van der Waals surface area contributed by atoms with Crippen molar-refractivity contribution in [1.29, 1.82) is 0 Å². The Bertz CT molecular complexity index is 669. The van der Waals surface area contributed by atoms with E-state index in [1.54, 1.807) is 4.90 Å². The van der Waals surface area contributed by atoms with Crippen LogP contribution < -0.4 is 13.8 Å². The highest BCUT2D eigenvalue weighted by atomic mass is 32.2. The predicted octanol–water partition coefficient (Wildman–Crippen LogP) is 1.58. The zero-order valence-corrected chi connectivity index (χ0v) is 15.2. The summed E-state index contributed by atoms with van der Waals surface area (Å²) in [6.45, 7) is 4.77. The molecule has 0 fully saturated rings. The Morgan fingerprint density at radius 3 is 1.96 bits per heavy atom. The summed E-state index contributed by atoms with van der Waals surface area (Å²) >= 11 is 0. The molecule has 0 aliphatic carbocycles. The van der Waals surface area contributed by atoms with Crippen molar-refractivity contribution in [3.63, 3.8) is 0 Å². The van der Waals surface area contributed by atoms with Crippen LogP contribution in [0, 0.1) is 0 Å². The molecular formula is C15H24N2O5S. The van der Waals surface area contributed by atoms with Gasteiger partial charge in [0.05, 0.1) is 31.7 Å². The third kappa shape index (κ3) is 4.07. The van der Waals surface area contributed by atoms with Crippen LogP contribution in [0.4, 0.5) is 5.69 Å². The van der Waals surface area contributed by atoms with Gasteiger partial charge in [-0.2, -0.15) is 0 Å². The molecule has 1 amide bonds. The minimum atomic E-state index is -3.53. The fourth-order valence-electron chi connectivity index (χ4n) is 2.16. The standard InChI is InChI=1S/C15H24N2O5S/c1-7-17(8-2)15(18)11-9-13(21-4)14(22-5)10-12(11)16(3)23(6,19)20/h9-10H,7-8H2,1-6H3. The van der Waals surface area contributed by atoms with E-state index < -0.39 is 10.0 Å². The second-order valence-electron chi connectivity index (χ2n) is 4.93. The Morgan fingerprint density at radius 1 is 1.09 bits per heavy atom. The summed E-state index contributed by atoms with van der Waals surface area (Å²) in [4.78, 5) is 14.3. The average molecular weight is 344 g/mol. The van der Waals surface area contributed by atoms with Crippen LogP contribution in [0.5, 0.6) is 11.5 Å². The third-order valence-electron chi connectivity index (χ3n) is 3.62. The second-order valence-corrected chi connectivity index (χ2v) is 6.95. The van der Waals surface area contributed by atoms with E-state index >= 15 is 0 Å². The Morgan fingerprint density at radius 2 is 1.57 bits per heavy atom. The Balaban J connectivity index is 3.61. The molecule has 1 aromatic carbocycles. The van der Waals surface area contributed by atoms with Crippen LogP contribution in [-0.2, 0) is 10.0 Å². The van der Waals surface area contributed by atoms with Crippen molar-refractivity contribution in [3.8, 4) is 11.5 Å². The minimum absolute atomic E-state index is 0.249. The summed E-state index contributed by atoms with van der Waals surface area (Å²) in [5, 5.41) is 0. The molecule has 0 aromatic heterocycles. The molecular weight excluding hydrogens is 320 g/mol. The highest BCUT2D eigenvalue weighted by Gasteiger charge is 2.25. The van der Waals surface area contributed by atoms with Gasteiger partial charge in [0.1, 0.15) is 0 Å². The lowest BCUT2D eigenvalue weighted by Crippen LogP contribution is -2.33. The molecule has 1 aromatic rings. The van der Waals surface area contributed by atoms with Crippen LogP contribution in [0.15, 0.2) is 12.1 Å². The number of carbonyl (C=O) groups is 1. The smallest absolute Gasteiger partial charge is 0.256 e. The first-order valence-electron chi connectivity index (χ1n) is 7.20. The van der Waals surface area contributed by atoms with Crippen molar-refractivity contribution < 1.29 is 22.7 Å². The number of sulfonamides is 1. The lowest BCUT2D eigenvalue weighted by atomic mass is 10.1. The Kier molecular flexibility index (Phi) is 6.26. The van der Waals surface area contributed by atoms with Gasteiger partial charge in [-0.25, -0.2) is 8.42 Å². The van der Waals surface area contributed by atoms with Crippen LogP contribution in [0.1, 0.15) is 24.2 Å². The molecule has 0 radical (unpaired) electrons. The monoisotopic (exact) mass is 344 g/mol. The number of hydrogen-bond donors (Lipinski definition) is 0. The van der Waals surface area contributed by atoms with E-state index in [0.717, 1.165) is 10.6 Å². The number of benzene rings is 1. The summed E-state index contributed by atoms with van der Waals surface area (Å²) in [5.41, 5.74) is 0.501. The van der Waals surface area contributed by atoms with Gasteiger partial charge in [-0.05, 0) is 19.9 Å². The summed E-state index contributed by atoms with van der Waals surface area (Å²) in [6, 6.07) is 3.01. The largest absolute Gasteiger partial charge is 0.493 e. The first kappa shape index (κ1) is 19.1. The van der Waals surface area contributed by atoms with E-state index in [4.69, 9.17) is 9.47 Å². The van der Waals surface area contributed by atoms with Crippen molar-refractivity contribution in [2.45, 2.75) is 13.8 Å². The second kappa shape index (κ2) is 7.54. The summed E-state index contributed by atoms with van der Waals surface area (Å²) < 4.78 is 35.3. The maximum absolute atomic E-state index is 12.7. The molecule has 1 rings (SSSR count). The number of rotatable bonds is 7. The number of amides is 1. The maximum atomic E-state index is 12.7. The van der Waals surface area contributed by atoms with E-state index in [1.807, 2.05) is 13.8 Å². The lowest BCUT2D eigenvalue weighted by Gasteiger charge is -2.25. The van der Waals surface area contributed by atoms with Gasteiger partial charge in [-0.15, -0.1) is 0 Å². The highest BCUT2D eigenvalue weighted by molar-refractivity contribution is 7.92. The summed E-state index contributed by atoms with van der Waals surface area (Å²) in [6.07, 6.45) is 1.08. The average Bonchev–Trinajstić information content (AvgIpc) is 2.52. The van der Waals surface area contributed by atoms with Crippen molar-refractivity contribution in [2.75, 3.05) is 44.9 Å². The van der Waals surface area contributed by atoms with E-state index in [0.29, 0.717) is 24.6 Å². The van der Waals surface area contributed by atoms with E-state index in [2.05, 4.69) is 0 Å². The molecule has 0 aliphatic rings.